The van der Waals surface area contributed by atoms with E-state index in [1.165, 1.54) is 23.5 Å². The van der Waals surface area contributed by atoms with Crippen molar-refractivity contribution in [2.75, 3.05) is 0 Å². The van der Waals surface area contributed by atoms with Crippen LogP contribution in [0.4, 0.5) is 4.39 Å². The Morgan fingerprint density at radius 3 is 2.38 bits per heavy atom. The van der Waals surface area contributed by atoms with Crippen LogP contribution in [0.2, 0.25) is 0 Å². The van der Waals surface area contributed by atoms with Crippen molar-refractivity contribution in [3.63, 3.8) is 0 Å². The molecular formula is C21H15FN2OS. The number of benzene rings is 3. The lowest BCUT2D eigenvalue weighted by atomic mass is 10.0. The zero-order valence-electron chi connectivity index (χ0n) is 14.0. The summed E-state index contributed by atoms with van der Waals surface area (Å²) >= 11 is 1.30. The number of carbonyl (C=O) groups is 1. The summed E-state index contributed by atoms with van der Waals surface area (Å²) in [6.07, 6.45) is 0. The summed E-state index contributed by atoms with van der Waals surface area (Å²) in [4.78, 5) is 17.3. The van der Waals surface area contributed by atoms with E-state index in [1.807, 2.05) is 49.5 Å². The fourth-order valence-corrected chi connectivity index (χ4v) is 3.84. The molecule has 4 rings (SSSR count). The lowest BCUT2D eigenvalue weighted by molar-refractivity contribution is 0.0998. The molecule has 0 saturated heterocycles. The number of carbonyl (C=O) groups excluding carboxylic acids is 1. The molecule has 0 atom stereocenters. The van der Waals surface area contributed by atoms with E-state index in [9.17, 15) is 9.18 Å². The molecule has 3 aromatic carbocycles. The minimum Gasteiger partial charge on any atom is -0.319 e. The number of nitrogens with zero attached hydrogens (tertiary/aromatic N) is 2. The molecule has 128 valence electrons. The number of fused-ring (bicyclic) bond motifs is 1. The zero-order chi connectivity index (χ0) is 18.1. The minimum absolute atomic E-state index is 0.297. The molecule has 0 unspecified atom stereocenters. The van der Waals surface area contributed by atoms with Gasteiger partial charge in [0.2, 0.25) is 0 Å². The van der Waals surface area contributed by atoms with Crippen LogP contribution in [0.3, 0.4) is 0 Å². The molecule has 1 amide bonds. The van der Waals surface area contributed by atoms with Gasteiger partial charge in [0.1, 0.15) is 5.82 Å². The van der Waals surface area contributed by atoms with Crippen LogP contribution < -0.4 is 4.80 Å². The van der Waals surface area contributed by atoms with Crippen molar-refractivity contribution in [1.82, 2.24) is 4.57 Å². The molecule has 3 nitrogen and oxygen atoms in total. The Morgan fingerprint density at radius 1 is 0.962 bits per heavy atom. The minimum atomic E-state index is -0.313. The van der Waals surface area contributed by atoms with Crippen LogP contribution in [-0.2, 0) is 7.05 Å². The topological polar surface area (TPSA) is 34.4 Å². The van der Waals surface area contributed by atoms with Gasteiger partial charge in [-0.05, 0) is 41.5 Å². The lowest BCUT2D eigenvalue weighted by Crippen LogP contribution is -2.13. The Kier molecular flexibility index (Phi) is 4.22. The Balaban J connectivity index is 1.68. The molecule has 0 fully saturated rings. The summed E-state index contributed by atoms with van der Waals surface area (Å²) in [5.74, 6) is -0.610. The largest absolute Gasteiger partial charge is 0.319 e. The summed E-state index contributed by atoms with van der Waals surface area (Å²) in [5, 5.41) is 0. The number of aryl methyl sites for hydroxylation is 1. The highest BCUT2D eigenvalue weighted by Gasteiger charge is 2.08. The molecule has 1 aromatic heterocycles. The van der Waals surface area contributed by atoms with Gasteiger partial charge in [-0.1, -0.05) is 53.8 Å². The van der Waals surface area contributed by atoms with Crippen molar-refractivity contribution in [2.45, 2.75) is 0 Å². The highest BCUT2D eigenvalue weighted by molar-refractivity contribution is 7.16. The van der Waals surface area contributed by atoms with Gasteiger partial charge in [0.25, 0.3) is 5.91 Å². The van der Waals surface area contributed by atoms with E-state index in [0.29, 0.717) is 10.4 Å². The fraction of sp³-hybridized carbons (Fsp3) is 0.0476. The fourth-order valence-electron chi connectivity index (χ4n) is 2.80. The second-order valence-electron chi connectivity index (χ2n) is 5.92. The van der Waals surface area contributed by atoms with E-state index in [4.69, 9.17) is 0 Å². The van der Waals surface area contributed by atoms with Crippen molar-refractivity contribution in [3.8, 4) is 11.1 Å². The number of hydrogen-bond donors (Lipinski definition) is 0. The first-order chi connectivity index (χ1) is 12.6. The van der Waals surface area contributed by atoms with Crippen LogP contribution in [0.25, 0.3) is 21.3 Å². The number of halogens is 1. The van der Waals surface area contributed by atoms with E-state index in [0.717, 1.165) is 21.3 Å². The molecule has 0 aliphatic carbocycles. The lowest BCUT2D eigenvalue weighted by Gasteiger charge is -2.02. The molecule has 4 aromatic rings. The molecule has 0 bridgehead atoms. The van der Waals surface area contributed by atoms with Gasteiger partial charge < -0.3 is 4.57 Å². The van der Waals surface area contributed by atoms with Crippen molar-refractivity contribution >= 4 is 27.5 Å². The van der Waals surface area contributed by atoms with E-state index in [2.05, 4.69) is 4.99 Å². The third-order valence-corrected chi connectivity index (χ3v) is 5.30. The van der Waals surface area contributed by atoms with Gasteiger partial charge in [0.05, 0.1) is 10.2 Å². The number of aromatic nitrogens is 1. The highest BCUT2D eigenvalue weighted by Crippen LogP contribution is 2.20. The number of rotatable bonds is 2. The van der Waals surface area contributed by atoms with Crippen LogP contribution in [0, 0.1) is 5.82 Å². The molecule has 0 radical (unpaired) electrons. The standard InChI is InChI=1S/C21H15FN2OS/c1-24-18-12-11-17(22)13-19(18)26-21(24)23-20(25)16-9-7-15(8-10-16)14-5-3-2-4-6-14/h2-13H,1H3. The first-order valence-corrected chi connectivity index (χ1v) is 8.93. The molecule has 5 heteroatoms. The van der Waals surface area contributed by atoms with Crippen LogP contribution >= 0.6 is 11.3 Å². The molecule has 26 heavy (non-hydrogen) atoms. The van der Waals surface area contributed by atoms with Crippen molar-refractivity contribution < 1.29 is 9.18 Å². The van der Waals surface area contributed by atoms with Gasteiger partial charge in [0.15, 0.2) is 4.80 Å². The van der Waals surface area contributed by atoms with E-state index in [1.54, 1.807) is 22.8 Å². The van der Waals surface area contributed by atoms with Crippen molar-refractivity contribution in [2.24, 2.45) is 12.0 Å². The highest BCUT2D eigenvalue weighted by atomic mass is 32.1. The SMILES string of the molecule is Cn1c(=NC(=O)c2ccc(-c3ccccc3)cc2)sc2cc(F)ccc21. The van der Waals surface area contributed by atoms with Crippen molar-refractivity contribution in [3.05, 3.63) is 89.0 Å². The van der Waals surface area contributed by atoms with Gasteiger partial charge in [-0.3, -0.25) is 4.79 Å². The molecular weight excluding hydrogens is 347 g/mol. The molecule has 0 aliphatic heterocycles. The maximum atomic E-state index is 13.4. The molecule has 0 spiro atoms. The first-order valence-electron chi connectivity index (χ1n) is 8.11. The quantitative estimate of drug-likeness (QED) is 0.505. The Labute approximate surface area is 153 Å². The monoisotopic (exact) mass is 362 g/mol. The summed E-state index contributed by atoms with van der Waals surface area (Å²) in [6.45, 7) is 0. The van der Waals surface area contributed by atoms with Gasteiger partial charge in [-0.25, -0.2) is 4.39 Å². The summed E-state index contributed by atoms with van der Waals surface area (Å²) < 4.78 is 15.9. The normalized spacial score (nSPS) is 11.8. The van der Waals surface area contributed by atoms with Gasteiger partial charge in [-0.2, -0.15) is 4.99 Å². The predicted octanol–water partition coefficient (Wildman–Crippen LogP) is 4.79. The molecule has 0 saturated carbocycles. The van der Waals surface area contributed by atoms with Crippen LogP contribution in [-0.4, -0.2) is 10.5 Å². The first kappa shape index (κ1) is 16.4. The van der Waals surface area contributed by atoms with Crippen molar-refractivity contribution in [1.29, 1.82) is 0 Å². The van der Waals surface area contributed by atoms with Crippen LogP contribution in [0.1, 0.15) is 10.4 Å². The maximum absolute atomic E-state index is 13.4. The van der Waals surface area contributed by atoms with Crippen LogP contribution in [0.5, 0.6) is 0 Å². The summed E-state index contributed by atoms with van der Waals surface area (Å²) in [6, 6.07) is 21.9. The Morgan fingerprint density at radius 2 is 1.65 bits per heavy atom. The van der Waals surface area contributed by atoms with Gasteiger partial charge >= 0.3 is 0 Å². The van der Waals surface area contributed by atoms with E-state index >= 15 is 0 Å². The smallest absolute Gasteiger partial charge is 0.279 e. The maximum Gasteiger partial charge on any atom is 0.279 e. The molecule has 1 heterocycles. The number of amides is 1. The number of thiazole rings is 1. The Hall–Kier alpha value is -3.05. The third-order valence-electron chi connectivity index (χ3n) is 4.21. The molecule has 0 N–H and O–H groups in total. The Bertz CT molecular complexity index is 1160. The summed E-state index contributed by atoms with van der Waals surface area (Å²) in [7, 11) is 1.82. The van der Waals surface area contributed by atoms with E-state index in [-0.39, 0.29) is 11.7 Å². The average Bonchev–Trinajstić information content (AvgIpc) is 2.97. The number of hydrogen-bond acceptors (Lipinski definition) is 2. The second kappa shape index (κ2) is 6.69. The zero-order valence-corrected chi connectivity index (χ0v) is 14.8. The van der Waals surface area contributed by atoms with Crippen LogP contribution in [0.15, 0.2) is 77.8 Å². The second-order valence-corrected chi connectivity index (χ2v) is 6.93. The predicted molar refractivity (Wildman–Crippen MR) is 103 cm³/mol. The van der Waals surface area contributed by atoms with Gasteiger partial charge in [0, 0.05) is 12.6 Å². The van der Waals surface area contributed by atoms with E-state index < -0.39 is 0 Å². The third kappa shape index (κ3) is 3.09. The molecule has 0 aliphatic rings. The average molecular weight is 362 g/mol. The van der Waals surface area contributed by atoms with Gasteiger partial charge in [-0.15, -0.1) is 0 Å². The summed E-state index contributed by atoms with van der Waals surface area (Å²) in [5.41, 5.74) is 3.52.